The first-order valence-electron chi connectivity index (χ1n) is 9.83. The number of halogens is 15. The number of aromatic nitrogens is 2. The molecule has 39 heavy (non-hydrogen) atoms. The molecule has 1 aromatic heterocycles. The molecule has 4 rings (SSSR count). The maximum Gasteiger partial charge on any atom is 0.200 e. The Morgan fingerprint density at radius 3 is 0.821 bits per heavy atom. The molecule has 0 saturated heterocycles. The Labute approximate surface area is 204 Å². The summed E-state index contributed by atoms with van der Waals surface area (Å²) >= 11 is 0. The Kier molecular flexibility index (Phi) is 6.63. The van der Waals surface area contributed by atoms with Crippen LogP contribution < -0.4 is 16.4 Å². The van der Waals surface area contributed by atoms with E-state index in [9.17, 15) is 39.5 Å². The van der Waals surface area contributed by atoms with Crippen molar-refractivity contribution in [3.8, 4) is 0 Å². The minimum absolute atomic E-state index is 0.0636. The van der Waals surface area contributed by atoms with Gasteiger partial charge in [-0.3, -0.25) is 0 Å². The third-order valence-electron chi connectivity index (χ3n) is 5.96. The Balaban J connectivity index is 2.53. The second-order valence-electron chi connectivity index (χ2n) is 7.78. The first kappa shape index (κ1) is 27.9. The van der Waals surface area contributed by atoms with Crippen LogP contribution in [-0.4, -0.2) is 15.7 Å². The molecule has 3 aromatic carbocycles. The summed E-state index contributed by atoms with van der Waals surface area (Å²) < 4.78 is 218. The molecule has 0 aliphatic heterocycles. The fourth-order valence-corrected chi connectivity index (χ4v) is 4.34. The molecule has 0 saturated carbocycles. The van der Waals surface area contributed by atoms with Gasteiger partial charge in [0.2, 0.25) is 0 Å². The largest absolute Gasteiger partial charge is 0.500 e. The number of nitrogens with zero attached hydrogens (tertiary/aromatic N) is 2. The number of benzene rings is 3. The SMILES string of the molecule is Fc1c(F)c(F)c([B-](c2c(F)c(F)c(F)c(F)c2F)(c2c(F)c(F)c(F)c(F)c2F)n2ccnc2)c(F)c1F. The van der Waals surface area contributed by atoms with E-state index in [-0.39, 0.29) is 17.0 Å². The Morgan fingerprint density at radius 1 is 0.385 bits per heavy atom. The van der Waals surface area contributed by atoms with Crippen LogP contribution in [-0.2, 0) is 0 Å². The van der Waals surface area contributed by atoms with E-state index in [1.807, 2.05) is 0 Å². The van der Waals surface area contributed by atoms with Crippen molar-refractivity contribution in [3.63, 3.8) is 0 Å². The van der Waals surface area contributed by atoms with E-state index in [2.05, 4.69) is 4.98 Å². The molecule has 206 valence electrons. The summed E-state index contributed by atoms with van der Waals surface area (Å²) in [6.45, 7) is 0. The summed E-state index contributed by atoms with van der Waals surface area (Å²) in [5, 5.41) is 0. The van der Waals surface area contributed by atoms with Gasteiger partial charge in [-0.2, -0.15) is 0 Å². The molecule has 0 aliphatic carbocycles. The van der Waals surface area contributed by atoms with E-state index >= 15 is 26.3 Å². The summed E-state index contributed by atoms with van der Waals surface area (Å²) in [5.74, 6) is -45.9. The van der Waals surface area contributed by atoms with Gasteiger partial charge in [0.25, 0.3) is 0 Å². The minimum Gasteiger partial charge on any atom is -0.500 e. The van der Waals surface area contributed by atoms with Gasteiger partial charge in [-0.25, -0.2) is 70.8 Å². The van der Waals surface area contributed by atoms with Crippen molar-refractivity contribution >= 4 is 22.7 Å². The van der Waals surface area contributed by atoms with Crippen LogP contribution in [0.4, 0.5) is 65.9 Å². The number of rotatable bonds is 4. The van der Waals surface area contributed by atoms with Crippen LogP contribution in [0.3, 0.4) is 0 Å². The average molecular weight is 579 g/mol. The van der Waals surface area contributed by atoms with Crippen LogP contribution in [0, 0.1) is 87.3 Å². The summed E-state index contributed by atoms with van der Waals surface area (Å²) in [6.07, 6.45) is -5.11. The molecule has 0 aliphatic rings. The van der Waals surface area contributed by atoms with Crippen LogP contribution in [0.1, 0.15) is 0 Å². The zero-order valence-corrected chi connectivity index (χ0v) is 17.9. The van der Waals surface area contributed by atoms with Crippen molar-refractivity contribution in [1.29, 1.82) is 0 Å². The van der Waals surface area contributed by atoms with Crippen molar-refractivity contribution in [2.75, 3.05) is 0 Å². The van der Waals surface area contributed by atoms with E-state index in [1.54, 1.807) is 0 Å². The molecule has 0 spiro atoms. The third-order valence-corrected chi connectivity index (χ3v) is 5.96. The van der Waals surface area contributed by atoms with Crippen LogP contribution in [0.15, 0.2) is 18.7 Å². The smallest absolute Gasteiger partial charge is 0.200 e. The molecular weight excluding hydrogens is 576 g/mol. The lowest BCUT2D eigenvalue weighted by Gasteiger charge is -2.45. The monoisotopic (exact) mass is 579 g/mol. The highest BCUT2D eigenvalue weighted by Gasteiger charge is 2.49. The van der Waals surface area contributed by atoms with Crippen molar-refractivity contribution in [2.24, 2.45) is 0 Å². The van der Waals surface area contributed by atoms with Crippen LogP contribution >= 0.6 is 0 Å². The summed E-state index contributed by atoms with van der Waals surface area (Å²) in [5.41, 5.74) is -8.22. The van der Waals surface area contributed by atoms with Crippen molar-refractivity contribution in [2.45, 2.75) is 0 Å². The van der Waals surface area contributed by atoms with Gasteiger partial charge in [-0.15, -0.1) is 16.4 Å². The predicted molar refractivity (Wildman–Crippen MR) is 101 cm³/mol. The Hall–Kier alpha value is -4.12. The van der Waals surface area contributed by atoms with E-state index in [4.69, 9.17) is 0 Å². The highest BCUT2D eigenvalue weighted by atomic mass is 19.2. The third kappa shape index (κ3) is 3.52. The van der Waals surface area contributed by atoms with Gasteiger partial charge in [-0.05, 0) is 6.20 Å². The second-order valence-corrected chi connectivity index (χ2v) is 7.78. The van der Waals surface area contributed by atoms with Crippen LogP contribution in [0.25, 0.3) is 0 Å². The molecular formula is C21H3BF15N2-. The zero-order chi connectivity index (χ0) is 29.3. The Bertz CT molecular complexity index is 1410. The number of hydrogen-bond donors (Lipinski definition) is 0. The van der Waals surface area contributed by atoms with E-state index in [1.165, 1.54) is 0 Å². The summed E-state index contributed by atoms with van der Waals surface area (Å²) in [7, 11) is 0. The molecule has 0 radical (unpaired) electrons. The lowest BCUT2D eigenvalue weighted by Crippen LogP contribution is -2.77. The topological polar surface area (TPSA) is 17.8 Å². The summed E-state index contributed by atoms with van der Waals surface area (Å²) in [6, 6.07) is 0. The quantitative estimate of drug-likeness (QED) is 0.151. The van der Waals surface area contributed by atoms with E-state index in [0.717, 1.165) is 0 Å². The normalized spacial score (nSPS) is 12.0. The van der Waals surface area contributed by atoms with Gasteiger partial charge in [0.1, 0.15) is 34.9 Å². The molecule has 0 N–H and O–H groups in total. The number of hydrogen-bond acceptors (Lipinski definition) is 1. The summed E-state index contributed by atoms with van der Waals surface area (Å²) in [4.78, 5) is 3.19. The molecule has 4 aromatic rings. The van der Waals surface area contributed by atoms with Gasteiger partial charge < -0.3 is 4.48 Å². The molecule has 1 heterocycles. The lowest BCUT2D eigenvalue weighted by molar-refractivity contribution is 0.379. The van der Waals surface area contributed by atoms with Gasteiger partial charge >= 0.3 is 0 Å². The molecule has 0 unspecified atom stereocenters. The number of imidazole rings is 1. The lowest BCUT2D eigenvalue weighted by atomic mass is 9.23. The van der Waals surface area contributed by atoms with Crippen LogP contribution in [0.2, 0.25) is 0 Å². The Morgan fingerprint density at radius 2 is 0.615 bits per heavy atom. The molecule has 0 atom stereocenters. The van der Waals surface area contributed by atoms with Gasteiger partial charge in [0.15, 0.2) is 58.6 Å². The highest BCUT2D eigenvalue weighted by molar-refractivity contribution is 7.10. The minimum atomic E-state index is -5.82. The van der Waals surface area contributed by atoms with Crippen molar-refractivity contribution < 1.29 is 65.9 Å². The predicted octanol–water partition coefficient (Wildman–Crippen LogP) is 4.48. The molecule has 0 bridgehead atoms. The standard InChI is InChI=1S/C21H3BF15N2/c23-7-4(8(24)14(30)19(35)13(7)29)22(39-2-1-38-3-39,5-9(25)15(31)20(36)16(32)10(5)26)6-11(27)17(33)21(37)18(34)12(6)28/h1-3H/q-1. The first-order valence-corrected chi connectivity index (χ1v) is 9.83. The van der Waals surface area contributed by atoms with Gasteiger partial charge in [0.05, 0.1) is 6.33 Å². The average Bonchev–Trinajstić information content (AvgIpc) is 3.46. The fourth-order valence-electron chi connectivity index (χ4n) is 4.34. The van der Waals surface area contributed by atoms with Gasteiger partial charge in [0, 0.05) is 6.20 Å². The van der Waals surface area contributed by atoms with E-state index < -0.39 is 110 Å². The van der Waals surface area contributed by atoms with Crippen molar-refractivity contribution in [1.82, 2.24) is 9.46 Å². The maximum atomic E-state index is 15.2. The fraction of sp³-hybridized carbons (Fsp3) is 0. The van der Waals surface area contributed by atoms with Crippen molar-refractivity contribution in [3.05, 3.63) is 106 Å². The molecule has 0 amide bonds. The molecule has 2 nitrogen and oxygen atoms in total. The zero-order valence-electron chi connectivity index (χ0n) is 17.9. The second kappa shape index (κ2) is 9.27. The highest BCUT2D eigenvalue weighted by Crippen LogP contribution is 2.28. The maximum absolute atomic E-state index is 15.2. The van der Waals surface area contributed by atoms with Crippen LogP contribution in [0.5, 0.6) is 0 Å². The molecule has 18 heteroatoms. The first-order chi connectivity index (χ1) is 18.1. The van der Waals surface area contributed by atoms with Gasteiger partial charge in [-0.1, -0.05) is 0 Å². The van der Waals surface area contributed by atoms with E-state index in [0.29, 0.717) is 6.20 Å². The molecule has 0 fully saturated rings.